The Morgan fingerprint density at radius 1 is 1.31 bits per heavy atom. The fourth-order valence-electron chi connectivity index (χ4n) is 2.92. The molecule has 2 saturated heterocycles. The van der Waals surface area contributed by atoms with E-state index >= 15 is 0 Å². The summed E-state index contributed by atoms with van der Waals surface area (Å²) >= 11 is 0. The number of rotatable bonds is 2. The zero-order valence-electron chi connectivity index (χ0n) is 8.39. The molecule has 2 aliphatic heterocycles. The third-order valence-corrected chi connectivity index (χ3v) is 4.14. The third-order valence-electron chi connectivity index (χ3n) is 4.14. The van der Waals surface area contributed by atoms with Crippen molar-refractivity contribution in [3.63, 3.8) is 0 Å². The number of nitrogens with one attached hydrogen (secondary N) is 1. The van der Waals surface area contributed by atoms with E-state index in [0.717, 1.165) is 5.92 Å². The van der Waals surface area contributed by atoms with Gasteiger partial charge < -0.3 is 5.32 Å². The average molecular weight is 180 g/mol. The molecule has 3 aliphatic rings. The number of hydrogen-bond acceptors (Lipinski definition) is 2. The van der Waals surface area contributed by atoms with Gasteiger partial charge in [-0.3, -0.25) is 4.90 Å². The van der Waals surface area contributed by atoms with Crippen molar-refractivity contribution in [1.29, 1.82) is 0 Å². The van der Waals surface area contributed by atoms with Crippen LogP contribution >= 0.6 is 0 Å². The Morgan fingerprint density at radius 3 is 2.77 bits per heavy atom. The standard InChI is InChI=1S/C11H20N2/c1-4-11(9-12-6-1)5-7-13(11)8-10-2-3-10/h10,12H,1-9H2/t11-/m0/s1. The quantitative estimate of drug-likeness (QED) is 0.687. The molecule has 1 N–H and O–H groups in total. The summed E-state index contributed by atoms with van der Waals surface area (Å²) in [6.45, 7) is 5.29. The van der Waals surface area contributed by atoms with E-state index in [1.165, 1.54) is 58.3 Å². The van der Waals surface area contributed by atoms with Gasteiger partial charge in [0.1, 0.15) is 0 Å². The molecular weight excluding hydrogens is 160 g/mol. The van der Waals surface area contributed by atoms with E-state index in [1.54, 1.807) is 0 Å². The van der Waals surface area contributed by atoms with Gasteiger partial charge in [-0.25, -0.2) is 0 Å². The molecule has 1 aliphatic carbocycles. The molecule has 2 nitrogen and oxygen atoms in total. The number of hydrogen-bond donors (Lipinski definition) is 1. The SMILES string of the molecule is C1CNC[C@]2(C1)CCN2CC1CC1. The lowest BCUT2D eigenvalue weighted by atomic mass is 9.78. The van der Waals surface area contributed by atoms with Crippen molar-refractivity contribution in [2.75, 3.05) is 26.2 Å². The Kier molecular flexibility index (Phi) is 1.88. The summed E-state index contributed by atoms with van der Waals surface area (Å²) in [5.41, 5.74) is 0.612. The zero-order chi connectivity index (χ0) is 8.73. The highest BCUT2D eigenvalue weighted by Crippen LogP contribution is 2.40. The summed E-state index contributed by atoms with van der Waals surface area (Å²) < 4.78 is 0. The molecule has 0 unspecified atom stereocenters. The van der Waals surface area contributed by atoms with Crippen LogP contribution in [0, 0.1) is 5.92 Å². The van der Waals surface area contributed by atoms with Crippen LogP contribution < -0.4 is 5.32 Å². The maximum Gasteiger partial charge on any atom is 0.0346 e. The minimum absolute atomic E-state index is 0.612. The van der Waals surface area contributed by atoms with Crippen LogP contribution in [-0.2, 0) is 0 Å². The summed E-state index contributed by atoms with van der Waals surface area (Å²) in [6, 6.07) is 0. The van der Waals surface area contributed by atoms with E-state index in [4.69, 9.17) is 0 Å². The van der Waals surface area contributed by atoms with Crippen LogP contribution in [-0.4, -0.2) is 36.6 Å². The molecule has 0 aromatic carbocycles. The lowest BCUT2D eigenvalue weighted by molar-refractivity contribution is -0.0347. The van der Waals surface area contributed by atoms with Crippen molar-refractivity contribution in [2.45, 2.75) is 37.6 Å². The lowest BCUT2D eigenvalue weighted by Gasteiger charge is -2.55. The smallest absolute Gasteiger partial charge is 0.0346 e. The minimum Gasteiger partial charge on any atom is -0.315 e. The first kappa shape index (κ1) is 8.25. The summed E-state index contributed by atoms with van der Waals surface area (Å²) in [7, 11) is 0. The highest BCUT2D eigenvalue weighted by molar-refractivity contribution is 5.04. The molecule has 1 atom stereocenters. The maximum absolute atomic E-state index is 3.56. The fraction of sp³-hybridized carbons (Fsp3) is 1.00. The maximum atomic E-state index is 3.56. The first-order valence-corrected chi connectivity index (χ1v) is 5.85. The van der Waals surface area contributed by atoms with Crippen molar-refractivity contribution in [2.24, 2.45) is 5.92 Å². The van der Waals surface area contributed by atoms with E-state index in [-0.39, 0.29) is 0 Å². The molecule has 0 aromatic heterocycles. The monoisotopic (exact) mass is 180 g/mol. The molecule has 74 valence electrons. The van der Waals surface area contributed by atoms with Crippen LogP contribution in [0.15, 0.2) is 0 Å². The van der Waals surface area contributed by atoms with Crippen molar-refractivity contribution < 1.29 is 0 Å². The Hall–Kier alpha value is -0.0800. The largest absolute Gasteiger partial charge is 0.315 e. The molecule has 1 spiro atoms. The summed E-state index contributed by atoms with van der Waals surface area (Å²) in [6.07, 6.45) is 7.29. The van der Waals surface area contributed by atoms with E-state index in [1.807, 2.05) is 0 Å². The molecule has 0 radical (unpaired) electrons. The Morgan fingerprint density at radius 2 is 2.23 bits per heavy atom. The van der Waals surface area contributed by atoms with Crippen LogP contribution in [0.2, 0.25) is 0 Å². The first-order chi connectivity index (χ1) is 6.39. The second-order valence-electron chi connectivity index (χ2n) is 5.14. The van der Waals surface area contributed by atoms with Gasteiger partial charge in [-0.2, -0.15) is 0 Å². The molecule has 2 heteroatoms. The highest BCUT2D eigenvalue weighted by atomic mass is 15.3. The topological polar surface area (TPSA) is 15.3 Å². The van der Waals surface area contributed by atoms with Gasteiger partial charge in [0.25, 0.3) is 0 Å². The van der Waals surface area contributed by atoms with Crippen molar-refractivity contribution in [3.05, 3.63) is 0 Å². The normalized spacial score (nSPS) is 40.6. The molecule has 0 aromatic rings. The number of likely N-dealkylation sites (tertiary alicyclic amines) is 1. The van der Waals surface area contributed by atoms with Gasteiger partial charge in [-0.15, -0.1) is 0 Å². The van der Waals surface area contributed by atoms with Gasteiger partial charge in [0, 0.05) is 25.2 Å². The van der Waals surface area contributed by atoms with Crippen LogP contribution in [0.1, 0.15) is 32.1 Å². The number of piperidine rings is 1. The Balaban J connectivity index is 1.61. The summed E-state index contributed by atoms with van der Waals surface area (Å²) in [5.74, 6) is 1.07. The highest BCUT2D eigenvalue weighted by Gasteiger charge is 2.46. The summed E-state index contributed by atoms with van der Waals surface area (Å²) in [4.78, 5) is 2.76. The molecule has 3 fully saturated rings. The van der Waals surface area contributed by atoms with Gasteiger partial charge in [0.05, 0.1) is 0 Å². The molecule has 3 rings (SSSR count). The molecule has 0 amide bonds. The zero-order valence-corrected chi connectivity index (χ0v) is 8.39. The third kappa shape index (κ3) is 1.40. The van der Waals surface area contributed by atoms with Crippen LogP contribution in [0.5, 0.6) is 0 Å². The second kappa shape index (κ2) is 2.96. The predicted octanol–water partition coefficient (Wildman–Crippen LogP) is 1.22. The van der Waals surface area contributed by atoms with Crippen molar-refractivity contribution in [3.8, 4) is 0 Å². The molecule has 13 heavy (non-hydrogen) atoms. The van der Waals surface area contributed by atoms with Crippen molar-refractivity contribution in [1.82, 2.24) is 10.2 Å². The van der Waals surface area contributed by atoms with E-state index in [2.05, 4.69) is 10.2 Å². The second-order valence-corrected chi connectivity index (χ2v) is 5.14. The van der Waals surface area contributed by atoms with Crippen LogP contribution in [0.3, 0.4) is 0 Å². The first-order valence-electron chi connectivity index (χ1n) is 5.85. The van der Waals surface area contributed by atoms with Gasteiger partial charge in [0.15, 0.2) is 0 Å². The number of nitrogens with zero attached hydrogens (tertiary/aromatic N) is 1. The fourth-order valence-corrected chi connectivity index (χ4v) is 2.92. The van der Waals surface area contributed by atoms with Crippen LogP contribution in [0.4, 0.5) is 0 Å². The van der Waals surface area contributed by atoms with Crippen molar-refractivity contribution >= 4 is 0 Å². The Bertz CT molecular complexity index is 192. The van der Waals surface area contributed by atoms with Gasteiger partial charge >= 0.3 is 0 Å². The average Bonchev–Trinajstić information content (AvgIpc) is 2.98. The van der Waals surface area contributed by atoms with Crippen LogP contribution in [0.25, 0.3) is 0 Å². The summed E-state index contributed by atoms with van der Waals surface area (Å²) in [5, 5.41) is 3.56. The molecular formula is C11H20N2. The van der Waals surface area contributed by atoms with Gasteiger partial charge in [-0.1, -0.05) is 0 Å². The predicted molar refractivity (Wildman–Crippen MR) is 53.7 cm³/mol. The molecule has 0 bridgehead atoms. The van der Waals surface area contributed by atoms with E-state index < -0.39 is 0 Å². The van der Waals surface area contributed by atoms with Gasteiger partial charge in [0.2, 0.25) is 0 Å². The molecule has 1 saturated carbocycles. The van der Waals surface area contributed by atoms with E-state index in [0.29, 0.717) is 5.54 Å². The van der Waals surface area contributed by atoms with Gasteiger partial charge in [-0.05, 0) is 44.6 Å². The van der Waals surface area contributed by atoms with E-state index in [9.17, 15) is 0 Å². The molecule has 2 heterocycles. The Labute approximate surface area is 80.7 Å². The lowest BCUT2D eigenvalue weighted by Crippen LogP contribution is -2.66. The minimum atomic E-state index is 0.612.